The molecule has 4 aromatic rings. The monoisotopic (exact) mass is 437 g/mol. The molecule has 5 nitrogen and oxygen atoms in total. The van der Waals surface area contributed by atoms with Gasteiger partial charge in [-0.3, -0.25) is 5.32 Å². The summed E-state index contributed by atoms with van der Waals surface area (Å²) >= 11 is 6.24. The summed E-state index contributed by atoms with van der Waals surface area (Å²) in [5.74, 6) is 1.03. The van der Waals surface area contributed by atoms with E-state index < -0.39 is 0 Å². The zero-order valence-corrected chi connectivity index (χ0v) is 18.1. The second-order valence-corrected chi connectivity index (χ2v) is 7.75. The van der Waals surface area contributed by atoms with Crippen molar-refractivity contribution in [2.24, 2.45) is 0 Å². The van der Waals surface area contributed by atoms with Gasteiger partial charge in [0.25, 0.3) is 0 Å². The lowest BCUT2D eigenvalue weighted by atomic mass is 9.95. The highest BCUT2D eigenvalue weighted by Gasteiger charge is 2.17. The van der Waals surface area contributed by atoms with Gasteiger partial charge in [0.15, 0.2) is 0 Å². The number of hydrogen-bond donors (Lipinski definition) is 1. The molecule has 2 aromatic carbocycles. The molecular weight excluding hydrogens is 417 g/mol. The topological polar surface area (TPSA) is 63.6 Å². The van der Waals surface area contributed by atoms with Crippen LogP contribution in [0.15, 0.2) is 48.5 Å². The summed E-state index contributed by atoms with van der Waals surface area (Å²) in [5.41, 5.74) is 6.12. The molecule has 0 unspecified atom stereocenters. The predicted molar refractivity (Wildman–Crippen MR) is 124 cm³/mol. The quantitative estimate of drug-likeness (QED) is 0.419. The number of nitrogens with zero attached hydrogens (tertiary/aromatic N) is 4. The van der Waals surface area contributed by atoms with E-state index in [1.807, 2.05) is 48.5 Å². The average molecular weight is 438 g/mol. The van der Waals surface area contributed by atoms with Crippen molar-refractivity contribution in [3.05, 3.63) is 70.5 Å². The van der Waals surface area contributed by atoms with E-state index in [4.69, 9.17) is 21.6 Å². The van der Waals surface area contributed by atoms with Crippen LogP contribution in [-0.2, 0) is 12.8 Å². The number of aryl methyl sites for hydroxylation is 2. The average Bonchev–Trinajstić information content (AvgIpc) is 2.74. The van der Waals surface area contributed by atoms with Gasteiger partial charge in [0, 0.05) is 27.4 Å². The molecule has 152 valence electrons. The van der Waals surface area contributed by atoms with Gasteiger partial charge in [-0.15, -0.1) is 12.4 Å². The highest BCUT2D eigenvalue weighted by Crippen LogP contribution is 2.30. The summed E-state index contributed by atoms with van der Waals surface area (Å²) in [5, 5.41) is 4.81. The van der Waals surface area contributed by atoms with Gasteiger partial charge in [0.05, 0.1) is 11.2 Å². The second-order valence-electron chi connectivity index (χ2n) is 7.31. The number of aromatic nitrogens is 4. The summed E-state index contributed by atoms with van der Waals surface area (Å²) in [4.78, 5) is 18.9. The third-order valence-corrected chi connectivity index (χ3v) is 5.55. The lowest BCUT2D eigenvalue weighted by Crippen LogP contribution is -2.12. The Balaban J connectivity index is 0.00000218. The minimum absolute atomic E-state index is 0. The van der Waals surface area contributed by atoms with E-state index in [0.717, 1.165) is 46.4 Å². The molecule has 0 atom stereocenters. The summed E-state index contributed by atoms with van der Waals surface area (Å²) in [6.45, 7) is 2.05. The van der Waals surface area contributed by atoms with E-state index in [2.05, 4.69) is 22.2 Å². The van der Waals surface area contributed by atoms with Crippen LogP contribution in [0.5, 0.6) is 0 Å². The Morgan fingerprint density at radius 2 is 1.63 bits per heavy atom. The van der Waals surface area contributed by atoms with Crippen LogP contribution in [0.1, 0.15) is 29.8 Å². The first-order valence-corrected chi connectivity index (χ1v) is 10.2. The Morgan fingerprint density at radius 1 is 0.867 bits per heavy atom. The Bertz CT molecular complexity index is 1210. The number of hydrogen-bond acceptors (Lipinski definition) is 5. The molecular formula is C23H21Cl2N5. The summed E-state index contributed by atoms with van der Waals surface area (Å²) in [7, 11) is 0. The smallest absolute Gasteiger partial charge is 0.230 e. The molecule has 0 saturated heterocycles. The van der Waals surface area contributed by atoms with Gasteiger partial charge in [0.2, 0.25) is 11.9 Å². The maximum absolute atomic E-state index is 6.24. The van der Waals surface area contributed by atoms with Crippen molar-refractivity contribution in [1.82, 2.24) is 19.9 Å². The molecule has 5 rings (SSSR count). The summed E-state index contributed by atoms with van der Waals surface area (Å²) in [6, 6.07) is 15.7. The van der Waals surface area contributed by atoms with Crippen molar-refractivity contribution in [3.8, 4) is 11.3 Å². The first-order chi connectivity index (χ1) is 14.2. The van der Waals surface area contributed by atoms with Crippen molar-refractivity contribution < 1.29 is 0 Å². The van der Waals surface area contributed by atoms with Gasteiger partial charge in [-0.05, 0) is 56.4 Å². The van der Waals surface area contributed by atoms with Crippen LogP contribution < -0.4 is 5.32 Å². The van der Waals surface area contributed by atoms with Crippen molar-refractivity contribution in [3.63, 3.8) is 0 Å². The zero-order chi connectivity index (χ0) is 19.8. The zero-order valence-electron chi connectivity index (χ0n) is 16.5. The SMILES string of the molecule is Cc1nc(Nc2nc(-c3ccccc3)c3cc(Cl)ccc3n2)nc2c1CCCC2.Cl. The Morgan fingerprint density at radius 3 is 2.47 bits per heavy atom. The molecule has 1 aliphatic rings. The van der Waals surface area contributed by atoms with Crippen molar-refractivity contribution >= 4 is 46.8 Å². The maximum atomic E-state index is 6.24. The molecule has 0 aliphatic heterocycles. The minimum Gasteiger partial charge on any atom is -0.293 e. The van der Waals surface area contributed by atoms with Gasteiger partial charge in [-0.2, -0.15) is 0 Å². The van der Waals surface area contributed by atoms with Crippen LogP contribution in [-0.4, -0.2) is 19.9 Å². The summed E-state index contributed by atoms with van der Waals surface area (Å²) in [6.07, 6.45) is 4.45. The number of rotatable bonds is 3. The number of benzene rings is 2. The molecule has 2 heterocycles. The Labute approximate surface area is 186 Å². The lowest BCUT2D eigenvalue weighted by Gasteiger charge is -2.17. The van der Waals surface area contributed by atoms with E-state index in [1.165, 1.54) is 18.4 Å². The fraction of sp³-hybridized carbons (Fsp3) is 0.217. The second kappa shape index (κ2) is 8.54. The molecule has 1 aliphatic carbocycles. The van der Waals surface area contributed by atoms with Crippen molar-refractivity contribution in [1.29, 1.82) is 0 Å². The number of halogens is 2. The van der Waals surface area contributed by atoms with Gasteiger partial charge in [0.1, 0.15) is 0 Å². The lowest BCUT2D eigenvalue weighted by molar-refractivity contribution is 0.658. The van der Waals surface area contributed by atoms with Crippen molar-refractivity contribution in [2.45, 2.75) is 32.6 Å². The van der Waals surface area contributed by atoms with Crippen molar-refractivity contribution in [2.75, 3.05) is 5.32 Å². The van der Waals surface area contributed by atoms with E-state index in [-0.39, 0.29) is 12.4 Å². The van der Waals surface area contributed by atoms with Crippen LogP contribution in [0, 0.1) is 6.92 Å². The van der Waals surface area contributed by atoms with Crippen LogP contribution in [0.3, 0.4) is 0 Å². The third kappa shape index (κ3) is 3.95. The Kier molecular flexibility index (Phi) is 5.84. The third-order valence-electron chi connectivity index (χ3n) is 5.32. The van der Waals surface area contributed by atoms with Gasteiger partial charge in [-0.25, -0.2) is 19.9 Å². The number of nitrogens with one attached hydrogen (secondary N) is 1. The van der Waals surface area contributed by atoms with Crippen LogP contribution >= 0.6 is 24.0 Å². The fourth-order valence-corrected chi connectivity index (χ4v) is 4.08. The van der Waals surface area contributed by atoms with Crippen LogP contribution in [0.2, 0.25) is 5.02 Å². The normalized spacial score (nSPS) is 12.9. The molecule has 0 radical (unpaired) electrons. The van der Waals surface area contributed by atoms with Gasteiger partial charge in [-0.1, -0.05) is 41.9 Å². The van der Waals surface area contributed by atoms with E-state index in [9.17, 15) is 0 Å². The molecule has 0 bridgehead atoms. The largest absolute Gasteiger partial charge is 0.293 e. The maximum Gasteiger partial charge on any atom is 0.230 e. The van der Waals surface area contributed by atoms with Crippen LogP contribution in [0.4, 0.5) is 11.9 Å². The first-order valence-electron chi connectivity index (χ1n) is 9.83. The predicted octanol–water partition coefficient (Wildman–Crippen LogP) is 6.09. The Hall–Kier alpha value is -2.76. The van der Waals surface area contributed by atoms with E-state index >= 15 is 0 Å². The molecule has 0 saturated carbocycles. The molecule has 7 heteroatoms. The molecule has 0 spiro atoms. The molecule has 30 heavy (non-hydrogen) atoms. The standard InChI is InChI=1S/C23H20ClN5.ClH/c1-14-17-9-5-6-10-19(17)26-22(25-14)29-23-27-20-12-11-16(24)13-18(20)21(28-23)15-7-3-2-4-8-15;/h2-4,7-8,11-13H,5-6,9-10H2,1H3,(H,25,26,27,28,29);1H. The molecule has 2 aromatic heterocycles. The molecule has 0 amide bonds. The van der Waals surface area contributed by atoms with Gasteiger partial charge >= 0.3 is 0 Å². The summed E-state index contributed by atoms with van der Waals surface area (Å²) < 4.78 is 0. The van der Waals surface area contributed by atoms with E-state index in [1.54, 1.807) is 0 Å². The molecule has 1 N–H and O–H groups in total. The van der Waals surface area contributed by atoms with Gasteiger partial charge < -0.3 is 0 Å². The highest BCUT2D eigenvalue weighted by molar-refractivity contribution is 6.31. The fourth-order valence-electron chi connectivity index (χ4n) is 3.91. The molecule has 0 fully saturated rings. The highest BCUT2D eigenvalue weighted by atomic mass is 35.5. The number of fused-ring (bicyclic) bond motifs is 2. The number of anilines is 2. The van der Waals surface area contributed by atoms with E-state index in [0.29, 0.717) is 16.9 Å². The van der Waals surface area contributed by atoms with Crippen LogP contribution in [0.25, 0.3) is 22.2 Å². The first kappa shape index (κ1) is 20.5. The minimum atomic E-state index is 0.